The van der Waals surface area contributed by atoms with Gasteiger partial charge in [-0.1, -0.05) is 32.9 Å². The smallest absolute Gasteiger partial charge is 0.330 e. The molecule has 0 aromatic heterocycles. The fraction of sp³-hybridized carbons (Fsp3) is 0.607. The molecule has 0 saturated carbocycles. The highest BCUT2D eigenvalue weighted by Crippen LogP contribution is 2.63. The molecule has 1 saturated heterocycles. The Morgan fingerprint density at radius 3 is 2.66 bits per heavy atom. The maximum atomic E-state index is 11.9. The van der Waals surface area contributed by atoms with Crippen molar-refractivity contribution in [1.29, 1.82) is 0 Å². The van der Waals surface area contributed by atoms with Crippen LogP contribution in [0.3, 0.4) is 0 Å². The molecule has 190 valence electrons. The molecule has 2 bridgehead atoms. The average molecular weight is 498 g/mol. The summed E-state index contributed by atoms with van der Waals surface area (Å²) in [6, 6.07) is 2.38. The number of esters is 1. The molecule has 7 heteroatoms. The second-order valence-corrected chi connectivity index (χ2v) is 16.8. The number of carbonyl (C=O) groups is 1. The molecule has 0 unspecified atom stereocenters. The molecule has 5 atom stereocenters. The Bertz CT molecular complexity index is 1100. The van der Waals surface area contributed by atoms with Crippen LogP contribution in [0.1, 0.15) is 43.9 Å². The number of ether oxygens (including phenoxy) is 3. The van der Waals surface area contributed by atoms with Crippen LogP contribution in [-0.4, -0.2) is 65.2 Å². The van der Waals surface area contributed by atoms with E-state index in [1.165, 1.54) is 24.3 Å². The number of carbonyl (C=O) groups excluding carboxylic acids is 1. The van der Waals surface area contributed by atoms with Crippen molar-refractivity contribution in [3.8, 4) is 11.5 Å². The van der Waals surface area contributed by atoms with Crippen LogP contribution in [0.4, 0.5) is 0 Å². The zero-order valence-electron chi connectivity index (χ0n) is 22.3. The van der Waals surface area contributed by atoms with Crippen molar-refractivity contribution in [1.82, 2.24) is 4.90 Å². The number of hydrogen-bond donors (Lipinski definition) is 0. The van der Waals surface area contributed by atoms with E-state index in [9.17, 15) is 4.79 Å². The molecule has 1 spiro atoms. The molecule has 35 heavy (non-hydrogen) atoms. The minimum Gasteiger partial charge on any atom is -0.493 e. The third-order valence-electron chi connectivity index (χ3n) is 9.34. The Morgan fingerprint density at radius 2 is 2.00 bits per heavy atom. The summed E-state index contributed by atoms with van der Waals surface area (Å²) in [6.45, 7) is 12.5. The van der Waals surface area contributed by atoms with E-state index in [2.05, 4.69) is 58.0 Å². The molecular weight excluding hydrogens is 458 g/mol. The predicted molar refractivity (Wildman–Crippen MR) is 140 cm³/mol. The van der Waals surface area contributed by atoms with Gasteiger partial charge in [0, 0.05) is 29.0 Å². The Hall–Kier alpha value is -2.09. The monoisotopic (exact) mass is 497 g/mol. The van der Waals surface area contributed by atoms with E-state index < -0.39 is 8.32 Å². The van der Waals surface area contributed by atoms with Crippen molar-refractivity contribution in [2.45, 2.75) is 75.4 Å². The lowest BCUT2D eigenvalue weighted by atomic mass is 9.53. The standard InChI is InChI=1S/C28H39NO5Si/c1-27(2,3)35(7,8)34-21-11-10-19-20-16-18-17(9-12-23(30)32-6)15-22(31-5)25-24(18)28(19,26(21)33-25)13-14-29(20)4/h9-12,15,19-21,26H,13-14,16H2,1-8H3/b12-9+/t19-,20+,21-,26-,28-/m0/s1. The minimum absolute atomic E-state index is 0.0920. The van der Waals surface area contributed by atoms with E-state index in [1.54, 1.807) is 7.11 Å². The van der Waals surface area contributed by atoms with E-state index in [1.807, 2.05) is 12.1 Å². The zero-order valence-corrected chi connectivity index (χ0v) is 23.3. The Labute approximate surface area is 210 Å². The summed E-state index contributed by atoms with van der Waals surface area (Å²) < 4.78 is 24.6. The molecule has 2 heterocycles. The number of likely N-dealkylation sites (tertiary alicyclic amines) is 1. The molecule has 0 amide bonds. The number of nitrogens with zero attached hydrogens (tertiary/aromatic N) is 1. The number of rotatable bonds is 5. The van der Waals surface area contributed by atoms with Crippen LogP contribution in [0.15, 0.2) is 24.3 Å². The fourth-order valence-electron chi connectivity index (χ4n) is 6.46. The largest absolute Gasteiger partial charge is 0.493 e. The molecule has 1 aromatic rings. The maximum Gasteiger partial charge on any atom is 0.330 e. The van der Waals surface area contributed by atoms with E-state index >= 15 is 0 Å². The van der Waals surface area contributed by atoms with Crippen LogP contribution in [0.25, 0.3) is 6.08 Å². The summed E-state index contributed by atoms with van der Waals surface area (Å²) in [5, 5.41) is 0.109. The Balaban J connectivity index is 1.68. The van der Waals surface area contributed by atoms with Gasteiger partial charge in [0.1, 0.15) is 12.2 Å². The van der Waals surface area contributed by atoms with Gasteiger partial charge in [-0.05, 0) is 67.8 Å². The molecule has 1 aromatic carbocycles. The number of benzene rings is 1. The van der Waals surface area contributed by atoms with Gasteiger partial charge in [-0.2, -0.15) is 0 Å². The highest BCUT2D eigenvalue weighted by molar-refractivity contribution is 6.74. The summed E-state index contributed by atoms with van der Waals surface area (Å²) in [5.74, 6) is 1.57. The van der Waals surface area contributed by atoms with Crippen LogP contribution < -0.4 is 9.47 Å². The topological polar surface area (TPSA) is 57.2 Å². The number of likely N-dealkylation sites (N-methyl/N-ethyl adjacent to an activating group) is 1. The molecule has 6 nitrogen and oxygen atoms in total. The zero-order chi connectivity index (χ0) is 25.3. The summed E-state index contributed by atoms with van der Waals surface area (Å²) >= 11 is 0. The molecule has 1 fully saturated rings. The van der Waals surface area contributed by atoms with Crippen molar-refractivity contribution >= 4 is 20.4 Å². The first-order valence-corrected chi connectivity index (χ1v) is 15.6. The van der Waals surface area contributed by atoms with E-state index in [0.29, 0.717) is 12.0 Å². The quantitative estimate of drug-likeness (QED) is 0.254. The molecule has 4 aliphatic rings. The van der Waals surface area contributed by atoms with Crippen molar-refractivity contribution in [3.63, 3.8) is 0 Å². The van der Waals surface area contributed by atoms with Gasteiger partial charge in [0.2, 0.25) is 0 Å². The second kappa shape index (κ2) is 8.22. The Morgan fingerprint density at radius 1 is 1.26 bits per heavy atom. The predicted octanol–water partition coefficient (Wildman–Crippen LogP) is 4.72. The van der Waals surface area contributed by atoms with Gasteiger partial charge in [0.25, 0.3) is 0 Å². The third kappa shape index (κ3) is 3.53. The van der Waals surface area contributed by atoms with Crippen LogP contribution in [0.5, 0.6) is 11.5 Å². The van der Waals surface area contributed by atoms with Crippen molar-refractivity contribution < 1.29 is 23.4 Å². The van der Waals surface area contributed by atoms with Crippen LogP contribution >= 0.6 is 0 Å². The first-order valence-electron chi connectivity index (χ1n) is 12.7. The van der Waals surface area contributed by atoms with E-state index in [-0.39, 0.29) is 28.6 Å². The van der Waals surface area contributed by atoms with Crippen molar-refractivity contribution in [3.05, 3.63) is 41.0 Å². The first-order chi connectivity index (χ1) is 16.4. The Kier molecular flexibility index (Phi) is 5.77. The summed E-state index contributed by atoms with van der Waals surface area (Å²) in [5.41, 5.74) is 3.38. The highest BCUT2D eigenvalue weighted by atomic mass is 28.4. The van der Waals surface area contributed by atoms with Crippen molar-refractivity contribution in [2.24, 2.45) is 5.92 Å². The van der Waals surface area contributed by atoms with Gasteiger partial charge >= 0.3 is 5.97 Å². The molecule has 2 aliphatic carbocycles. The third-order valence-corrected chi connectivity index (χ3v) is 13.8. The first kappa shape index (κ1) is 24.6. The molecule has 0 N–H and O–H groups in total. The lowest BCUT2D eigenvalue weighted by molar-refractivity contribution is -0.134. The lowest BCUT2D eigenvalue weighted by Crippen LogP contribution is -2.66. The summed E-state index contributed by atoms with van der Waals surface area (Å²) in [4.78, 5) is 14.4. The van der Waals surface area contributed by atoms with E-state index in [4.69, 9.17) is 18.6 Å². The van der Waals surface area contributed by atoms with Crippen LogP contribution in [0.2, 0.25) is 18.1 Å². The van der Waals surface area contributed by atoms with Crippen LogP contribution in [-0.2, 0) is 25.8 Å². The normalized spacial score (nSPS) is 31.3. The van der Waals surface area contributed by atoms with Crippen LogP contribution in [0, 0.1) is 5.92 Å². The number of methoxy groups -OCH3 is 2. The molecule has 0 radical (unpaired) electrons. The SMILES string of the molecule is COC(=O)/C=C/c1cc(OC)c2c3c1C[C@@H]1[C@@H]4C=C[C@H](O[Si](C)(C)C(C)(C)C)[C@H](O2)[C@]34CCN1C. The van der Waals surface area contributed by atoms with Crippen molar-refractivity contribution in [2.75, 3.05) is 27.8 Å². The molecule has 2 aliphatic heterocycles. The number of hydrogen-bond acceptors (Lipinski definition) is 6. The van der Waals surface area contributed by atoms with Gasteiger partial charge in [-0.15, -0.1) is 0 Å². The van der Waals surface area contributed by atoms with Gasteiger partial charge in [0.05, 0.1) is 14.2 Å². The lowest BCUT2D eigenvalue weighted by Gasteiger charge is -2.57. The van der Waals surface area contributed by atoms with Gasteiger partial charge in [-0.25, -0.2) is 4.79 Å². The maximum absolute atomic E-state index is 11.9. The van der Waals surface area contributed by atoms with Gasteiger partial charge in [0.15, 0.2) is 19.8 Å². The highest BCUT2D eigenvalue weighted by Gasteiger charge is 2.65. The fourth-order valence-corrected chi connectivity index (χ4v) is 7.70. The van der Waals surface area contributed by atoms with Gasteiger partial charge in [-0.3, -0.25) is 0 Å². The van der Waals surface area contributed by atoms with E-state index in [0.717, 1.165) is 36.4 Å². The molecular formula is C28H39NO5Si. The summed E-state index contributed by atoms with van der Waals surface area (Å²) in [7, 11) is 3.29. The van der Waals surface area contributed by atoms with Gasteiger partial charge < -0.3 is 23.5 Å². The minimum atomic E-state index is -2.03. The average Bonchev–Trinajstić information content (AvgIpc) is 3.15. The number of piperidine rings is 1. The summed E-state index contributed by atoms with van der Waals surface area (Å²) in [6.07, 6.45) is 9.78. The second-order valence-electron chi connectivity index (χ2n) is 12.0. The molecule has 5 rings (SSSR count).